The number of benzene rings is 1. The fourth-order valence-corrected chi connectivity index (χ4v) is 5.70. The summed E-state index contributed by atoms with van der Waals surface area (Å²) in [5.41, 5.74) is 2.03. The summed E-state index contributed by atoms with van der Waals surface area (Å²) < 4.78 is 34.7. The van der Waals surface area contributed by atoms with Crippen molar-refractivity contribution in [2.75, 3.05) is 4.72 Å². The number of aromatic nitrogens is 1. The van der Waals surface area contributed by atoms with E-state index in [9.17, 15) is 8.42 Å². The lowest BCUT2D eigenvalue weighted by Gasteiger charge is -2.11. The molecule has 0 bridgehead atoms. The molecule has 0 radical (unpaired) electrons. The van der Waals surface area contributed by atoms with Gasteiger partial charge in [-0.1, -0.05) is 21.1 Å². The monoisotopic (exact) mass is 426 g/mol. The van der Waals surface area contributed by atoms with Crippen LogP contribution in [0.3, 0.4) is 0 Å². The Morgan fingerprint density at radius 1 is 1.17 bits per heavy atom. The number of rotatable bonds is 4. The van der Waals surface area contributed by atoms with Gasteiger partial charge in [-0.3, -0.25) is 4.72 Å². The van der Waals surface area contributed by atoms with Crippen molar-refractivity contribution in [3.8, 4) is 11.3 Å². The summed E-state index contributed by atoms with van der Waals surface area (Å²) in [6, 6.07) is 6.98. The van der Waals surface area contributed by atoms with Gasteiger partial charge in [0.15, 0.2) is 5.76 Å². The van der Waals surface area contributed by atoms with Crippen LogP contribution in [0.5, 0.6) is 0 Å². The van der Waals surface area contributed by atoms with Gasteiger partial charge in [0.2, 0.25) is 0 Å². The van der Waals surface area contributed by atoms with Gasteiger partial charge in [0.05, 0.1) is 11.8 Å². The molecule has 0 fully saturated rings. The summed E-state index contributed by atoms with van der Waals surface area (Å²) in [7, 11) is -3.75. The normalized spacial score (nSPS) is 11.7. The predicted molar refractivity (Wildman–Crippen MR) is 99.0 cm³/mol. The van der Waals surface area contributed by atoms with E-state index >= 15 is 0 Å². The maximum Gasteiger partial charge on any atom is 0.263 e. The first-order valence-electron chi connectivity index (χ1n) is 7.09. The molecule has 0 saturated heterocycles. The minimum Gasteiger partial charge on any atom is -0.356 e. The molecule has 0 atom stereocenters. The van der Waals surface area contributed by atoms with Gasteiger partial charge >= 0.3 is 0 Å². The quantitative estimate of drug-likeness (QED) is 0.644. The molecule has 0 aliphatic carbocycles. The van der Waals surface area contributed by atoms with Gasteiger partial charge in [-0.25, -0.2) is 8.42 Å². The van der Waals surface area contributed by atoms with Crippen LogP contribution in [-0.2, 0) is 10.0 Å². The third kappa shape index (κ3) is 3.13. The maximum atomic E-state index is 13.0. The summed E-state index contributed by atoms with van der Waals surface area (Å²) in [6.45, 7) is 5.57. The number of nitrogens with one attached hydrogen (secondary N) is 1. The van der Waals surface area contributed by atoms with Crippen molar-refractivity contribution in [3.05, 3.63) is 50.3 Å². The van der Waals surface area contributed by atoms with E-state index in [0.29, 0.717) is 21.9 Å². The number of aryl methyl sites for hydroxylation is 3. The molecule has 0 unspecified atom stereocenters. The SMILES string of the molecule is Cc1cc(NS(=O)(=O)c2c(C)sc(C)c2-c2ccno2)ccc1Br. The minimum atomic E-state index is -3.75. The topological polar surface area (TPSA) is 72.2 Å². The third-order valence-electron chi connectivity index (χ3n) is 3.57. The number of halogens is 1. The molecule has 8 heteroatoms. The van der Waals surface area contributed by atoms with Gasteiger partial charge in [0, 0.05) is 26.0 Å². The summed E-state index contributed by atoms with van der Waals surface area (Å²) in [6.07, 6.45) is 1.50. The number of thiophene rings is 1. The largest absolute Gasteiger partial charge is 0.356 e. The number of anilines is 1. The van der Waals surface area contributed by atoms with Crippen LogP contribution in [0.1, 0.15) is 15.3 Å². The Labute approximate surface area is 152 Å². The Morgan fingerprint density at radius 3 is 2.54 bits per heavy atom. The molecule has 0 aliphatic rings. The highest BCUT2D eigenvalue weighted by Crippen LogP contribution is 2.39. The lowest BCUT2D eigenvalue weighted by molar-refractivity contribution is 0.431. The zero-order valence-corrected chi connectivity index (χ0v) is 16.5. The fourth-order valence-electron chi connectivity index (χ4n) is 2.53. The van der Waals surface area contributed by atoms with Gasteiger partial charge in [-0.05, 0) is 44.5 Å². The highest BCUT2D eigenvalue weighted by molar-refractivity contribution is 9.10. The third-order valence-corrected chi connectivity index (χ3v) is 7.16. The van der Waals surface area contributed by atoms with Crippen molar-refractivity contribution in [2.24, 2.45) is 0 Å². The molecule has 3 aromatic rings. The lowest BCUT2D eigenvalue weighted by Crippen LogP contribution is -2.14. The van der Waals surface area contributed by atoms with Crippen LogP contribution >= 0.6 is 27.3 Å². The van der Waals surface area contributed by atoms with E-state index in [-0.39, 0.29) is 4.90 Å². The summed E-state index contributed by atoms with van der Waals surface area (Å²) in [4.78, 5) is 1.82. The van der Waals surface area contributed by atoms with Crippen molar-refractivity contribution >= 4 is 43.0 Å². The molecular weight excluding hydrogens is 412 g/mol. The van der Waals surface area contributed by atoms with Gasteiger partial charge in [0.1, 0.15) is 4.90 Å². The van der Waals surface area contributed by atoms with E-state index in [0.717, 1.165) is 14.9 Å². The molecule has 2 aromatic heterocycles. The molecule has 2 heterocycles. The van der Waals surface area contributed by atoms with E-state index in [2.05, 4.69) is 25.8 Å². The molecule has 0 amide bonds. The molecule has 5 nitrogen and oxygen atoms in total. The van der Waals surface area contributed by atoms with Crippen LogP contribution in [-0.4, -0.2) is 13.6 Å². The first kappa shape index (κ1) is 17.2. The van der Waals surface area contributed by atoms with E-state index < -0.39 is 10.0 Å². The van der Waals surface area contributed by atoms with Crippen LogP contribution < -0.4 is 4.72 Å². The Morgan fingerprint density at radius 2 is 1.92 bits per heavy atom. The maximum absolute atomic E-state index is 13.0. The van der Waals surface area contributed by atoms with Gasteiger partial charge in [0.25, 0.3) is 10.0 Å². The van der Waals surface area contributed by atoms with Crippen molar-refractivity contribution in [3.63, 3.8) is 0 Å². The zero-order valence-electron chi connectivity index (χ0n) is 13.3. The standard InChI is InChI=1S/C16H15BrN2O3S2/c1-9-8-12(4-5-13(9)17)19-24(20,21)16-11(3)23-10(2)15(16)14-6-7-18-22-14/h4-8,19H,1-3H3. The minimum absolute atomic E-state index is 0.238. The van der Waals surface area contributed by atoms with Gasteiger partial charge < -0.3 is 4.52 Å². The van der Waals surface area contributed by atoms with Crippen molar-refractivity contribution in [2.45, 2.75) is 25.7 Å². The van der Waals surface area contributed by atoms with Crippen LogP contribution in [0.15, 0.2) is 44.4 Å². The Balaban J connectivity index is 2.09. The van der Waals surface area contributed by atoms with Gasteiger partial charge in [-0.2, -0.15) is 0 Å². The molecular formula is C16H15BrN2O3S2. The molecule has 0 aliphatic heterocycles. The molecule has 0 saturated carbocycles. The predicted octanol–water partition coefficient (Wildman–Crippen LogP) is 4.89. The summed E-state index contributed by atoms with van der Waals surface area (Å²) in [5.74, 6) is 0.448. The summed E-state index contributed by atoms with van der Waals surface area (Å²) in [5, 5.41) is 3.69. The fraction of sp³-hybridized carbons (Fsp3) is 0.188. The molecule has 126 valence electrons. The second kappa shape index (κ2) is 6.34. The zero-order chi connectivity index (χ0) is 17.5. The smallest absolute Gasteiger partial charge is 0.263 e. The van der Waals surface area contributed by atoms with Crippen LogP contribution in [0.2, 0.25) is 0 Å². The van der Waals surface area contributed by atoms with Crippen molar-refractivity contribution in [1.82, 2.24) is 5.16 Å². The number of hydrogen-bond donors (Lipinski definition) is 1. The number of hydrogen-bond acceptors (Lipinski definition) is 5. The van der Waals surface area contributed by atoms with Crippen LogP contribution in [0, 0.1) is 20.8 Å². The van der Waals surface area contributed by atoms with Gasteiger partial charge in [-0.15, -0.1) is 11.3 Å². The lowest BCUT2D eigenvalue weighted by atomic mass is 10.2. The highest BCUT2D eigenvalue weighted by atomic mass is 79.9. The van der Waals surface area contributed by atoms with E-state index in [1.807, 2.05) is 19.9 Å². The molecule has 1 aromatic carbocycles. The number of sulfonamides is 1. The Bertz CT molecular complexity index is 993. The van der Waals surface area contributed by atoms with Crippen LogP contribution in [0.4, 0.5) is 5.69 Å². The first-order valence-corrected chi connectivity index (χ1v) is 10.2. The van der Waals surface area contributed by atoms with Crippen LogP contribution in [0.25, 0.3) is 11.3 Å². The van der Waals surface area contributed by atoms with E-state index in [4.69, 9.17) is 4.52 Å². The second-order valence-corrected chi connectivity index (χ2v) is 9.27. The summed E-state index contributed by atoms with van der Waals surface area (Å²) >= 11 is 4.83. The molecule has 0 spiro atoms. The Kier molecular flexibility index (Phi) is 4.54. The Hall–Kier alpha value is -1.64. The second-order valence-electron chi connectivity index (χ2n) is 5.36. The molecule has 1 N–H and O–H groups in total. The van der Waals surface area contributed by atoms with Crippen molar-refractivity contribution < 1.29 is 12.9 Å². The highest BCUT2D eigenvalue weighted by Gasteiger charge is 2.28. The molecule has 24 heavy (non-hydrogen) atoms. The average molecular weight is 427 g/mol. The number of nitrogens with zero attached hydrogens (tertiary/aromatic N) is 1. The first-order chi connectivity index (χ1) is 11.3. The van der Waals surface area contributed by atoms with E-state index in [1.165, 1.54) is 17.5 Å². The van der Waals surface area contributed by atoms with Crippen molar-refractivity contribution in [1.29, 1.82) is 0 Å². The molecule has 3 rings (SSSR count). The van der Waals surface area contributed by atoms with E-state index in [1.54, 1.807) is 25.1 Å². The average Bonchev–Trinajstić information content (AvgIpc) is 3.10.